The Hall–Kier alpha value is -13.7. The number of aryl methyl sites for hydroxylation is 1. The van der Waals surface area contributed by atoms with Gasteiger partial charge in [-0.05, 0) is 280 Å². The first-order chi connectivity index (χ1) is 39.5. The largest absolute Gasteiger partial charge is 0.344 e. The van der Waals surface area contributed by atoms with Crippen molar-refractivity contribution in [2.24, 2.45) is 7.05 Å². The summed E-state index contributed by atoms with van der Waals surface area (Å²) in [7, 11) is 2.09. The molecule has 6 aromatic carbocycles. The third-order valence-electron chi connectivity index (χ3n) is 12.6. The Morgan fingerprint density at radius 2 is 0.537 bits per heavy atom. The molecule has 1 nitrogen and oxygen atoms in total. The van der Waals surface area contributed by atoms with E-state index in [0.717, 1.165) is 88.6 Å². The molecule has 0 aliphatic heterocycles. The molecule has 9 rings (SSSR count). The maximum atomic E-state index is 5.22. The number of nitrogens with zero attached hydrogens (tertiary/aromatic N) is 1. The molecule has 1 heterocycles. The summed E-state index contributed by atoms with van der Waals surface area (Å²) in [6.45, 7) is 0. The van der Waals surface area contributed by atoms with Gasteiger partial charge in [0, 0.05) is 28.9 Å². The van der Waals surface area contributed by atoms with Gasteiger partial charge in [-0.3, -0.25) is 0 Å². The van der Waals surface area contributed by atoms with Crippen molar-refractivity contribution >= 4 is 21.8 Å². The van der Waals surface area contributed by atoms with Crippen LogP contribution in [0.15, 0.2) is 121 Å². The zero-order valence-electron chi connectivity index (χ0n) is 42.3. The van der Waals surface area contributed by atoms with Crippen LogP contribution in [0.3, 0.4) is 0 Å². The fraction of sp³-hybridized carbons (Fsp3) is 0.0380. The van der Waals surface area contributed by atoms with Gasteiger partial charge in [0.25, 0.3) is 0 Å². The van der Waals surface area contributed by atoms with Crippen molar-refractivity contribution in [3.63, 3.8) is 0 Å². The van der Waals surface area contributed by atoms with Gasteiger partial charge >= 0.3 is 0 Å². The molecule has 0 fully saturated rings. The zero-order chi connectivity index (χ0) is 55.4. The molecule has 0 saturated carbocycles. The highest BCUT2D eigenvalue weighted by Gasteiger charge is 2.42. The molecule has 348 valence electrons. The SMILES string of the molecule is C#CC#CC#CC#CC#CC1(C#CC#CC#CC#CC#C)c2ccccc2-c2ccc(-c3ccc4c5ccc(-c6ccc7c(c6)C(C#CC#CC#CC#CC#C)(C#CC#CC#CC#CC#C)c6ccccc6-7)cc5n(C)c4c3)cc21. The van der Waals surface area contributed by atoms with E-state index < -0.39 is 10.8 Å². The molecule has 0 N–H and O–H groups in total. The molecule has 0 saturated heterocycles. The average molecular weight is 990 g/mol. The highest BCUT2D eigenvalue weighted by Crippen LogP contribution is 2.51. The Bertz CT molecular complexity index is 4730. The van der Waals surface area contributed by atoms with E-state index in [9.17, 15) is 0 Å². The van der Waals surface area contributed by atoms with Crippen LogP contribution in [-0.4, -0.2) is 4.57 Å². The van der Waals surface area contributed by atoms with Crippen LogP contribution in [0.4, 0.5) is 0 Å². The number of aromatic nitrogens is 1. The Labute approximate surface area is 468 Å². The normalized spacial score (nSPS) is 10.1. The monoisotopic (exact) mass is 989 g/mol. The second-order valence-corrected chi connectivity index (χ2v) is 16.7. The number of benzene rings is 6. The molecule has 2 aliphatic carbocycles. The van der Waals surface area contributed by atoms with Crippen molar-refractivity contribution in [1.29, 1.82) is 0 Å². The fourth-order valence-corrected chi connectivity index (χ4v) is 9.35. The summed E-state index contributed by atoms with van der Waals surface area (Å²) in [5.41, 5.74) is 11.4. The van der Waals surface area contributed by atoms with E-state index in [2.05, 4.69) is 310 Å². The molecular weight excluding hydrogens is 963 g/mol. The lowest BCUT2D eigenvalue weighted by Gasteiger charge is -2.20. The first-order valence-electron chi connectivity index (χ1n) is 23.9. The van der Waals surface area contributed by atoms with Gasteiger partial charge in [-0.2, -0.15) is 0 Å². The van der Waals surface area contributed by atoms with Crippen LogP contribution in [0, 0.1) is 239 Å². The minimum absolute atomic E-state index is 0.895. The standard InChI is InChI=1S/C79H27N/c1-6-10-14-18-22-26-30-38-54-78(55-39-31-27-23-19-15-11-7-2)72-44-36-34-42-66(72)68-50-46-62(58-74(68)78)64-48-52-70-71-53-49-65(61-77(71)80(5)76(70)60-64)63-47-51-69-67-43-35-37-45-73(67)79(75(69)59-63,56-40-32-28-24-20-16-12-8-3)57-41-33-29-25-21-17-13-9-4/h1-4,34-37,42-53,58-61H,5H3. The van der Waals surface area contributed by atoms with E-state index in [1.807, 2.05) is 36.4 Å². The Morgan fingerprint density at radius 1 is 0.275 bits per heavy atom. The van der Waals surface area contributed by atoms with E-state index >= 15 is 0 Å². The van der Waals surface area contributed by atoms with Gasteiger partial charge in [0.05, 0.1) is 0 Å². The number of fused-ring (bicyclic) bond motifs is 9. The minimum Gasteiger partial charge on any atom is -0.344 e. The summed E-state index contributed by atoms with van der Waals surface area (Å²) >= 11 is 0. The van der Waals surface area contributed by atoms with Crippen LogP contribution in [0.2, 0.25) is 0 Å². The Morgan fingerprint density at radius 3 is 0.863 bits per heavy atom. The van der Waals surface area contributed by atoms with E-state index in [4.69, 9.17) is 25.7 Å². The van der Waals surface area contributed by atoms with Gasteiger partial charge in [0.2, 0.25) is 0 Å². The molecule has 1 aromatic heterocycles. The molecule has 1 heteroatoms. The predicted octanol–water partition coefficient (Wildman–Crippen LogP) is 9.79. The second-order valence-electron chi connectivity index (χ2n) is 16.7. The highest BCUT2D eigenvalue weighted by atomic mass is 14.9. The first kappa shape index (κ1) is 51.2. The summed E-state index contributed by atoms with van der Waals surface area (Å²) in [6, 6.07) is 42.1. The van der Waals surface area contributed by atoms with Crippen LogP contribution in [0.25, 0.3) is 66.3 Å². The van der Waals surface area contributed by atoms with Crippen molar-refractivity contribution in [3.05, 3.63) is 144 Å². The molecule has 2 aliphatic rings. The summed E-state index contributed by atoms with van der Waals surface area (Å²) in [5.74, 6) is 98.3. The molecule has 0 atom stereocenters. The lowest BCUT2D eigenvalue weighted by atomic mass is 9.78. The summed E-state index contributed by atoms with van der Waals surface area (Å²) in [4.78, 5) is 0. The second kappa shape index (κ2) is 24.4. The minimum atomic E-state index is -1.11. The smallest absolute Gasteiger partial charge is 0.145 e. The number of terminal acetylenes is 4. The summed E-state index contributed by atoms with van der Waals surface area (Å²) in [6.07, 6.45) is 20.9. The summed E-state index contributed by atoms with van der Waals surface area (Å²) < 4.78 is 2.23. The topological polar surface area (TPSA) is 4.93 Å². The van der Waals surface area contributed by atoms with Gasteiger partial charge < -0.3 is 4.57 Å². The highest BCUT2D eigenvalue weighted by molar-refractivity contribution is 6.10. The lowest BCUT2D eigenvalue weighted by Crippen LogP contribution is -2.21. The van der Waals surface area contributed by atoms with Crippen molar-refractivity contribution in [3.8, 4) is 283 Å². The predicted molar refractivity (Wildman–Crippen MR) is 323 cm³/mol. The van der Waals surface area contributed by atoms with E-state index in [-0.39, 0.29) is 0 Å². The fourth-order valence-electron chi connectivity index (χ4n) is 9.35. The van der Waals surface area contributed by atoms with Crippen LogP contribution < -0.4 is 0 Å². The summed E-state index contributed by atoms with van der Waals surface area (Å²) in [5, 5.41) is 2.21. The Kier molecular flexibility index (Phi) is 15.6. The molecular formula is C79H27N. The van der Waals surface area contributed by atoms with Crippen LogP contribution >= 0.6 is 0 Å². The van der Waals surface area contributed by atoms with Gasteiger partial charge in [-0.15, -0.1) is 25.7 Å². The van der Waals surface area contributed by atoms with Crippen molar-refractivity contribution < 1.29 is 0 Å². The van der Waals surface area contributed by atoms with Crippen LogP contribution in [-0.2, 0) is 17.9 Å². The lowest BCUT2D eigenvalue weighted by molar-refractivity contribution is 0.918. The molecule has 7 aromatic rings. The number of hydrogen-bond acceptors (Lipinski definition) is 0. The third-order valence-corrected chi connectivity index (χ3v) is 12.6. The molecule has 0 bridgehead atoms. The Balaban J connectivity index is 1.13. The van der Waals surface area contributed by atoms with Gasteiger partial charge in [0.15, 0.2) is 0 Å². The van der Waals surface area contributed by atoms with E-state index in [1.54, 1.807) is 0 Å². The van der Waals surface area contributed by atoms with Crippen LogP contribution in [0.5, 0.6) is 0 Å². The van der Waals surface area contributed by atoms with E-state index in [1.165, 1.54) is 0 Å². The third kappa shape index (κ3) is 10.6. The first-order valence-corrected chi connectivity index (χ1v) is 23.9. The zero-order valence-corrected chi connectivity index (χ0v) is 42.3. The van der Waals surface area contributed by atoms with Crippen molar-refractivity contribution in [1.82, 2.24) is 4.57 Å². The molecule has 80 heavy (non-hydrogen) atoms. The maximum Gasteiger partial charge on any atom is 0.145 e. The molecule has 0 amide bonds. The molecule has 0 spiro atoms. The van der Waals surface area contributed by atoms with Crippen molar-refractivity contribution in [2.45, 2.75) is 10.8 Å². The van der Waals surface area contributed by atoms with Crippen molar-refractivity contribution in [2.75, 3.05) is 0 Å². The average Bonchev–Trinajstić information content (AvgIpc) is 4.27. The van der Waals surface area contributed by atoms with Crippen LogP contribution in [0.1, 0.15) is 22.3 Å². The quantitative estimate of drug-likeness (QED) is 0.152. The molecule has 0 radical (unpaired) electrons. The van der Waals surface area contributed by atoms with Gasteiger partial charge in [-0.1, -0.05) is 121 Å². The van der Waals surface area contributed by atoms with E-state index in [0.29, 0.717) is 0 Å². The number of rotatable bonds is 2. The maximum absolute atomic E-state index is 5.22. The molecule has 0 unspecified atom stereocenters. The number of hydrogen-bond donors (Lipinski definition) is 0. The van der Waals surface area contributed by atoms with Gasteiger partial charge in [-0.25, -0.2) is 0 Å². The van der Waals surface area contributed by atoms with Gasteiger partial charge in [0.1, 0.15) is 10.8 Å².